The van der Waals surface area contributed by atoms with Crippen LogP contribution in [0.5, 0.6) is 0 Å². The van der Waals surface area contributed by atoms with Gasteiger partial charge in [0.05, 0.1) is 17.0 Å². The van der Waals surface area contributed by atoms with Gasteiger partial charge >= 0.3 is 0 Å². The maximum atomic E-state index is 6.94. The molecule has 0 N–H and O–H groups in total. The highest BCUT2D eigenvalue weighted by Gasteiger charge is 2.54. The molecule has 0 fully saturated rings. The van der Waals surface area contributed by atoms with Crippen molar-refractivity contribution in [2.45, 2.75) is 38.9 Å². The number of ether oxygens (including phenoxy) is 1. The van der Waals surface area contributed by atoms with Crippen LogP contribution in [-0.2, 0) is 10.3 Å². The van der Waals surface area contributed by atoms with Crippen molar-refractivity contribution in [2.75, 3.05) is 4.90 Å². The summed E-state index contributed by atoms with van der Waals surface area (Å²) in [6.07, 6.45) is 0. The SMILES string of the molecule is CC1=C(C)C2(OC1(C)C)c1ccccc1N(c1ccccc1)c1ccccc12. The highest BCUT2D eigenvalue weighted by Crippen LogP contribution is 2.60. The van der Waals surface area contributed by atoms with Gasteiger partial charge in [-0.2, -0.15) is 0 Å². The third kappa shape index (κ3) is 2.12. The molecule has 0 saturated heterocycles. The highest BCUT2D eigenvalue weighted by atomic mass is 16.5. The van der Waals surface area contributed by atoms with E-state index in [1.165, 1.54) is 33.6 Å². The quantitative estimate of drug-likeness (QED) is 0.436. The van der Waals surface area contributed by atoms with Crippen LogP contribution in [0.3, 0.4) is 0 Å². The number of fused-ring (bicyclic) bond motifs is 4. The first-order chi connectivity index (χ1) is 13.5. The first-order valence-corrected chi connectivity index (χ1v) is 9.89. The smallest absolute Gasteiger partial charge is 0.145 e. The van der Waals surface area contributed by atoms with Crippen molar-refractivity contribution < 1.29 is 4.74 Å². The van der Waals surface area contributed by atoms with Crippen LogP contribution in [-0.4, -0.2) is 5.60 Å². The summed E-state index contributed by atoms with van der Waals surface area (Å²) in [6.45, 7) is 8.79. The fourth-order valence-corrected chi connectivity index (χ4v) is 4.83. The summed E-state index contributed by atoms with van der Waals surface area (Å²) in [5.41, 5.74) is 7.68. The predicted octanol–water partition coefficient (Wildman–Crippen LogP) is 6.86. The minimum Gasteiger partial charge on any atom is -0.351 e. The molecule has 2 nitrogen and oxygen atoms in total. The molecular formula is C26H25NO. The van der Waals surface area contributed by atoms with Crippen LogP contribution in [0.25, 0.3) is 0 Å². The zero-order valence-electron chi connectivity index (χ0n) is 16.9. The van der Waals surface area contributed by atoms with E-state index in [-0.39, 0.29) is 5.60 Å². The van der Waals surface area contributed by atoms with Crippen LogP contribution in [0.4, 0.5) is 17.1 Å². The summed E-state index contributed by atoms with van der Waals surface area (Å²) in [5, 5.41) is 0. The second-order valence-electron chi connectivity index (χ2n) is 8.25. The molecule has 0 amide bonds. The van der Waals surface area contributed by atoms with Crippen LogP contribution < -0.4 is 4.90 Å². The summed E-state index contributed by atoms with van der Waals surface area (Å²) in [4.78, 5) is 2.35. The third-order valence-electron chi connectivity index (χ3n) is 6.46. The van der Waals surface area contributed by atoms with Crippen molar-refractivity contribution in [3.63, 3.8) is 0 Å². The molecule has 0 aromatic heterocycles. The molecule has 5 rings (SSSR count). The van der Waals surface area contributed by atoms with Gasteiger partial charge in [-0.25, -0.2) is 0 Å². The van der Waals surface area contributed by atoms with Crippen LogP contribution in [0.1, 0.15) is 38.8 Å². The lowest BCUT2D eigenvalue weighted by Gasteiger charge is -2.45. The maximum Gasteiger partial charge on any atom is 0.145 e. The molecule has 0 atom stereocenters. The minimum atomic E-state index is -0.550. The van der Waals surface area contributed by atoms with Crippen molar-refractivity contribution in [3.05, 3.63) is 101 Å². The molecule has 2 heteroatoms. The molecule has 0 unspecified atom stereocenters. The predicted molar refractivity (Wildman–Crippen MR) is 115 cm³/mol. The molecule has 1 spiro atoms. The molecule has 3 aromatic carbocycles. The van der Waals surface area contributed by atoms with Crippen molar-refractivity contribution in [2.24, 2.45) is 0 Å². The lowest BCUT2D eigenvalue weighted by atomic mass is 9.75. The van der Waals surface area contributed by atoms with Crippen molar-refractivity contribution in [1.29, 1.82) is 0 Å². The third-order valence-corrected chi connectivity index (χ3v) is 6.46. The summed E-state index contributed by atoms with van der Waals surface area (Å²) in [5.74, 6) is 0. The fraction of sp³-hybridized carbons (Fsp3) is 0.231. The molecule has 0 radical (unpaired) electrons. The standard InChI is InChI=1S/C26H25NO/c1-18-19(2)26(28-25(18,3)4)21-14-8-10-16-23(21)27(20-12-6-5-7-13-20)24-17-11-9-15-22(24)26/h5-17H,1-4H3. The van der Waals surface area contributed by atoms with Gasteiger partial charge in [-0.3, -0.25) is 0 Å². The van der Waals surface area contributed by atoms with Crippen LogP contribution in [0.2, 0.25) is 0 Å². The largest absolute Gasteiger partial charge is 0.351 e. The second kappa shape index (κ2) is 5.83. The van der Waals surface area contributed by atoms with Crippen LogP contribution in [0, 0.1) is 0 Å². The van der Waals surface area contributed by atoms with Gasteiger partial charge in [0.2, 0.25) is 0 Å². The molecule has 2 aliphatic heterocycles. The highest BCUT2D eigenvalue weighted by molar-refractivity contribution is 5.87. The minimum absolute atomic E-state index is 0.306. The van der Waals surface area contributed by atoms with Gasteiger partial charge in [-0.15, -0.1) is 0 Å². The molecule has 2 aliphatic rings. The summed E-state index contributed by atoms with van der Waals surface area (Å²) in [6, 6.07) is 27.9. The zero-order chi connectivity index (χ0) is 19.5. The molecular weight excluding hydrogens is 342 g/mol. The van der Waals surface area contributed by atoms with E-state index < -0.39 is 5.60 Å². The van der Waals surface area contributed by atoms with Gasteiger partial charge in [0.15, 0.2) is 0 Å². The Morgan fingerprint density at radius 1 is 0.643 bits per heavy atom. The van der Waals surface area contributed by atoms with Gasteiger partial charge in [0.25, 0.3) is 0 Å². The van der Waals surface area contributed by atoms with Gasteiger partial charge in [0, 0.05) is 16.8 Å². The number of nitrogens with zero attached hydrogens (tertiary/aromatic N) is 1. The van der Waals surface area contributed by atoms with E-state index in [9.17, 15) is 0 Å². The van der Waals surface area contributed by atoms with E-state index in [0.29, 0.717) is 0 Å². The first-order valence-electron chi connectivity index (χ1n) is 9.89. The zero-order valence-corrected chi connectivity index (χ0v) is 16.9. The Morgan fingerprint density at radius 3 is 1.64 bits per heavy atom. The van der Waals surface area contributed by atoms with E-state index >= 15 is 0 Å². The second-order valence-corrected chi connectivity index (χ2v) is 8.25. The van der Waals surface area contributed by atoms with Gasteiger partial charge < -0.3 is 9.64 Å². The maximum absolute atomic E-state index is 6.94. The molecule has 0 aliphatic carbocycles. The average Bonchev–Trinajstić information content (AvgIpc) is 2.90. The number of rotatable bonds is 1. The molecule has 2 heterocycles. The van der Waals surface area contributed by atoms with Crippen LogP contribution >= 0.6 is 0 Å². The Kier molecular flexibility index (Phi) is 3.59. The average molecular weight is 367 g/mol. The molecule has 0 saturated carbocycles. The summed E-state index contributed by atoms with van der Waals surface area (Å²) < 4.78 is 6.94. The van der Waals surface area contributed by atoms with E-state index in [0.717, 1.165) is 5.69 Å². The molecule has 28 heavy (non-hydrogen) atoms. The van der Waals surface area contributed by atoms with Crippen molar-refractivity contribution in [1.82, 2.24) is 0 Å². The van der Waals surface area contributed by atoms with Crippen LogP contribution in [0.15, 0.2) is 90.0 Å². The number of para-hydroxylation sites is 3. The number of anilines is 3. The Bertz CT molecular complexity index is 1050. The summed E-state index contributed by atoms with van der Waals surface area (Å²) in [7, 11) is 0. The van der Waals surface area contributed by atoms with Crippen molar-refractivity contribution >= 4 is 17.1 Å². The Balaban J connectivity index is 1.88. The summed E-state index contributed by atoms with van der Waals surface area (Å²) >= 11 is 0. The Morgan fingerprint density at radius 2 is 1.14 bits per heavy atom. The Labute approximate surface area is 167 Å². The van der Waals surface area contributed by atoms with Gasteiger partial charge in [0.1, 0.15) is 5.60 Å². The van der Waals surface area contributed by atoms with Gasteiger partial charge in [-0.05, 0) is 63.1 Å². The normalized spacial score (nSPS) is 18.9. The van der Waals surface area contributed by atoms with E-state index in [1.807, 2.05) is 0 Å². The lowest BCUT2D eigenvalue weighted by Crippen LogP contribution is -2.39. The number of hydrogen-bond acceptors (Lipinski definition) is 2. The van der Waals surface area contributed by atoms with Crippen molar-refractivity contribution in [3.8, 4) is 0 Å². The van der Waals surface area contributed by atoms with Gasteiger partial charge in [-0.1, -0.05) is 54.6 Å². The fourth-order valence-electron chi connectivity index (χ4n) is 4.83. The van der Waals surface area contributed by atoms with E-state index in [1.54, 1.807) is 0 Å². The van der Waals surface area contributed by atoms with E-state index in [4.69, 9.17) is 4.74 Å². The first kappa shape index (κ1) is 17.3. The monoisotopic (exact) mass is 367 g/mol. The number of benzene rings is 3. The molecule has 3 aromatic rings. The Hall–Kier alpha value is -2.84. The number of hydrogen-bond donors (Lipinski definition) is 0. The van der Waals surface area contributed by atoms with E-state index in [2.05, 4.69) is 111 Å². The topological polar surface area (TPSA) is 12.5 Å². The lowest BCUT2D eigenvalue weighted by molar-refractivity contribution is -0.0582. The molecule has 0 bridgehead atoms. The molecule has 140 valence electrons.